The zero-order valence-electron chi connectivity index (χ0n) is 21.8. The smallest absolute Gasteiger partial charge is 0.214 e. The van der Waals surface area contributed by atoms with E-state index in [1.165, 1.54) is 12.8 Å². The van der Waals surface area contributed by atoms with Crippen molar-refractivity contribution in [2.24, 2.45) is 0 Å². The number of sulfonamides is 1. The molecular formula is C26H46N6O3S. The van der Waals surface area contributed by atoms with Crippen molar-refractivity contribution in [1.82, 2.24) is 19.5 Å². The quantitative estimate of drug-likeness (QED) is 0.148. The largest absolute Gasteiger partial charge is 0.379 e. The van der Waals surface area contributed by atoms with E-state index in [0.29, 0.717) is 19.5 Å². The van der Waals surface area contributed by atoms with E-state index >= 15 is 0 Å². The van der Waals surface area contributed by atoms with Gasteiger partial charge in [-0.1, -0.05) is 38.5 Å². The Hall–Kier alpha value is -1.75. The molecule has 1 aromatic rings. The second kappa shape index (κ2) is 16.2. The van der Waals surface area contributed by atoms with Crippen LogP contribution in [0.5, 0.6) is 0 Å². The monoisotopic (exact) mass is 522 g/mol. The highest BCUT2D eigenvalue weighted by Gasteiger charge is 2.29. The Morgan fingerprint density at radius 1 is 1.03 bits per heavy atom. The molecule has 3 rings (SSSR count). The summed E-state index contributed by atoms with van der Waals surface area (Å²) in [6.45, 7) is 5.74. The third-order valence-electron chi connectivity index (χ3n) is 7.13. The van der Waals surface area contributed by atoms with Crippen LogP contribution in [0, 0.1) is 5.41 Å². The number of rotatable bonds is 14. The summed E-state index contributed by atoms with van der Waals surface area (Å²) in [6.07, 6.45) is 14.4. The van der Waals surface area contributed by atoms with Gasteiger partial charge in [0, 0.05) is 50.3 Å². The van der Waals surface area contributed by atoms with Crippen LogP contribution in [-0.4, -0.2) is 86.3 Å². The van der Waals surface area contributed by atoms with E-state index in [1.807, 2.05) is 16.4 Å². The number of morpholine rings is 1. The van der Waals surface area contributed by atoms with Gasteiger partial charge in [0.05, 0.1) is 19.0 Å². The lowest BCUT2D eigenvalue weighted by atomic mass is 10.1. The molecule has 2 heterocycles. The summed E-state index contributed by atoms with van der Waals surface area (Å²) in [7, 11) is -3.26. The number of guanidine groups is 1. The standard InChI is InChI=1S/C26H46N6O3S/c27-26(30-24-12-15-28-16-13-24)29-14-7-3-4-8-23-36(33,34)32(25-10-5-1-2-6-11-25)18-9-17-31-19-21-35-22-20-31/h12-13,15-16,25H,1-11,14,17-23H2,(H3,27,28,29,30). The molecule has 10 heteroatoms. The first kappa shape index (κ1) is 28.8. The second-order valence-corrected chi connectivity index (χ2v) is 12.0. The Labute approximate surface area is 217 Å². The van der Waals surface area contributed by atoms with Gasteiger partial charge >= 0.3 is 0 Å². The van der Waals surface area contributed by atoms with Gasteiger partial charge in [-0.3, -0.25) is 15.3 Å². The van der Waals surface area contributed by atoms with Crippen LogP contribution in [0.3, 0.4) is 0 Å². The minimum absolute atomic E-state index is 0.172. The summed E-state index contributed by atoms with van der Waals surface area (Å²) in [5.41, 5.74) is 0.830. The fourth-order valence-electron chi connectivity index (χ4n) is 5.09. The molecule has 0 spiro atoms. The van der Waals surface area contributed by atoms with Crippen molar-refractivity contribution in [2.45, 2.75) is 76.7 Å². The van der Waals surface area contributed by atoms with E-state index in [2.05, 4.69) is 20.5 Å². The lowest BCUT2D eigenvalue weighted by Crippen LogP contribution is -2.44. The Kier molecular flexibility index (Phi) is 12.9. The van der Waals surface area contributed by atoms with Gasteiger partial charge in [-0.2, -0.15) is 4.31 Å². The summed E-state index contributed by atoms with van der Waals surface area (Å²) in [5.74, 6) is 0.508. The highest BCUT2D eigenvalue weighted by atomic mass is 32.2. The third kappa shape index (κ3) is 10.7. The number of hydrogen-bond acceptors (Lipinski definition) is 6. The fourth-order valence-corrected chi connectivity index (χ4v) is 6.96. The number of unbranched alkanes of at least 4 members (excludes halogenated alkanes) is 3. The molecule has 0 amide bonds. The van der Waals surface area contributed by atoms with E-state index in [1.54, 1.807) is 12.4 Å². The maximum atomic E-state index is 13.4. The van der Waals surface area contributed by atoms with E-state index in [-0.39, 0.29) is 17.8 Å². The SMILES string of the molecule is N=C(NCCCCCCS(=O)(=O)N(CCCN1CCOCC1)C1CCCCCC1)Nc1ccncc1. The van der Waals surface area contributed by atoms with Crippen LogP contribution in [0.2, 0.25) is 0 Å². The van der Waals surface area contributed by atoms with Gasteiger partial charge in [-0.15, -0.1) is 0 Å². The Morgan fingerprint density at radius 2 is 1.72 bits per heavy atom. The fraction of sp³-hybridized carbons (Fsp3) is 0.769. The van der Waals surface area contributed by atoms with Crippen molar-refractivity contribution in [1.29, 1.82) is 5.41 Å². The van der Waals surface area contributed by atoms with Gasteiger partial charge in [-0.25, -0.2) is 8.42 Å². The van der Waals surface area contributed by atoms with Crippen molar-refractivity contribution in [3.63, 3.8) is 0 Å². The minimum atomic E-state index is -3.26. The number of pyridine rings is 1. The molecule has 1 aliphatic heterocycles. The number of nitrogens with zero attached hydrogens (tertiary/aromatic N) is 3. The lowest BCUT2D eigenvalue weighted by Gasteiger charge is -2.32. The predicted molar refractivity (Wildman–Crippen MR) is 146 cm³/mol. The van der Waals surface area contributed by atoms with Crippen molar-refractivity contribution in [3.05, 3.63) is 24.5 Å². The molecule has 1 saturated heterocycles. The maximum absolute atomic E-state index is 13.4. The molecule has 0 unspecified atom stereocenters. The first-order valence-corrected chi connectivity index (χ1v) is 15.4. The van der Waals surface area contributed by atoms with Gasteiger partial charge in [0.2, 0.25) is 10.0 Å². The van der Waals surface area contributed by atoms with Crippen molar-refractivity contribution in [3.8, 4) is 0 Å². The lowest BCUT2D eigenvalue weighted by molar-refractivity contribution is 0.0365. The molecule has 2 fully saturated rings. The molecule has 204 valence electrons. The molecule has 0 bridgehead atoms. The average molecular weight is 523 g/mol. The van der Waals surface area contributed by atoms with Gasteiger partial charge in [0.1, 0.15) is 0 Å². The number of ether oxygens (including phenoxy) is 1. The topological polar surface area (TPSA) is 111 Å². The molecule has 0 radical (unpaired) electrons. The van der Waals surface area contributed by atoms with Crippen LogP contribution >= 0.6 is 0 Å². The first-order chi connectivity index (χ1) is 17.5. The molecular weight excluding hydrogens is 476 g/mol. The number of hydrogen-bond donors (Lipinski definition) is 3. The van der Waals surface area contributed by atoms with Crippen molar-refractivity contribution in [2.75, 3.05) is 57.0 Å². The van der Waals surface area contributed by atoms with Gasteiger partial charge in [-0.05, 0) is 50.8 Å². The van der Waals surface area contributed by atoms with Crippen LogP contribution in [0.25, 0.3) is 0 Å². The van der Waals surface area contributed by atoms with Gasteiger partial charge in [0.25, 0.3) is 0 Å². The van der Waals surface area contributed by atoms with E-state index in [4.69, 9.17) is 10.1 Å². The zero-order chi connectivity index (χ0) is 25.5. The van der Waals surface area contributed by atoms with Crippen molar-refractivity contribution < 1.29 is 13.2 Å². The second-order valence-electron chi connectivity index (χ2n) is 9.96. The number of aromatic nitrogens is 1. The normalized spacial score (nSPS) is 18.1. The molecule has 1 aliphatic carbocycles. The molecule has 0 atom stereocenters. The van der Waals surface area contributed by atoms with Crippen LogP contribution in [0.15, 0.2) is 24.5 Å². The molecule has 0 aromatic carbocycles. The Bertz CT molecular complexity index is 840. The zero-order valence-corrected chi connectivity index (χ0v) is 22.6. The van der Waals surface area contributed by atoms with Crippen LogP contribution in [-0.2, 0) is 14.8 Å². The van der Waals surface area contributed by atoms with E-state index < -0.39 is 10.0 Å². The van der Waals surface area contributed by atoms with Crippen LogP contribution in [0.1, 0.15) is 70.6 Å². The highest BCUT2D eigenvalue weighted by molar-refractivity contribution is 7.89. The van der Waals surface area contributed by atoms with E-state index in [9.17, 15) is 8.42 Å². The van der Waals surface area contributed by atoms with Crippen LogP contribution in [0.4, 0.5) is 5.69 Å². The van der Waals surface area contributed by atoms with Crippen molar-refractivity contribution >= 4 is 21.7 Å². The summed E-state index contributed by atoms with van der Waals surface area (Å²) in [4.78, 5) is 6.36. The highest BCUT2D eigenvalue weighted by Crippen LogP contribution is 2.25. The minimum Gasteiger partial charge on any atom is -0.379 e. The van der Waals surface area contributed by atoms with Crippen LogP contribution < -0.4 is 10.6 Å². The molecule has 3 N–H and O–H groups in total. The summed E-state index contributed by atoms with van der Waals surface area (Å²) >= 11 is 0. The summed E-state index contributed by atoms with van der Waals surface area (Å²) in [6, 6.07) is 3.81. The molecule has 9 nitrogen and oxygen atoms in total. The predicted octanol–water partition coefficient (Wildman–Crippen LogP) is 3.66. The first-order valence-electron chi connectivity index (χ1n) is 13.8. The van der Waals surface area contributed by atoms with E-state index in [0.717, 1.165) is 89.9 Å². The average Bonchev–Trinajstić information content (AvgIpc) is 3.16. The number of nitrogens with one attached hydrogen (secondary N) is 3. The molecule has 36 heavy (non-hydrogen) atoms. The number of anilines is 1. The molecule has 2 aliphatic rings. The Balaban J connectivity index is 1.36. The van der Waals surface area contributed by atoms with Gasteiger partial charge in [0.15, 0.2) is 5.96 Å². The Morgan fingerprint density at radius 3 is 2.44 bits per heavy atom. The summed E-state index contributed by atoms with van der Waals surface area (Å²) in [5, 5.41) is 14.0. The maximum Gasteiger partial charge on any atom is 0.214 e. The third-order valence-corrected chi connectivity index (χ3v) is 9.13. The summed E-state index contributed by atoms with van der Waals surface area (Å²) < 4.78 is 34.1. The molecule has 1 aromatic heterocycles. The van der Waals surface area contributed by atoms with Gasteiger partial charge < -0.3 is 15.4 Å². The molecule has 1 saturated carbocycles.